The van der Waals surface area contributed by atoms with E-state index >= 15 is 0 Å². The minimum Gasteiger partial charge on any atom is -0.321 e. The van der Waals surface area contributed by atoms with Crippen molar-refractivity contribution in [2.45, 2.75) is 110 Å². The van der Waals surface area contributed by atoms with Gasteiger partial charge in [0, 0.05) is 0 Å². The van der Waals surface area contributed by atoms with Crippen LogP contribution in [0.1, 0.15) is 86.5 Å². The Morgan fingerprint density at radius 3 is 1.60 bits per heavy atom. The second-order valence-corrected chi connectivity index (χ2v) is 17.1. The Balaban J connectivity index is 3.34. The summed E-state index contributed by atoms with van der Waals surface area (Å²) in [5.41, 5.74) is 0.885. The Morgan fingerprint density at radius 2 is 1.24 bits per heavy atom. The van der Waals surface area contributed by atoms with E-state index in [2.05, 4.69) is 55.7 Å². The average molecular weight is 386 g/mol. The Labute approximate surface area is 161 Å². The van der Waals surface area contributed by atoms with Crippen molar-refractivity contribution in [3.05, 3.63) is 0 Å². The van der Waals surface area contributed by atoms with E-state index in [0.29, 0.717) is 0 Å². The molecule has 0 aromatic carbocycles. The number of hydrogen-bond acceptors (Lipinski definition) is 3. The van der Waals surface area contributed by atoms with Crippen LogP contribution in [0.4, 0.5) is 0 Å². The first-order valence-corrected chi connectivity index (χ1v) is 16.0. The Bertz CT molecular complexity index is 326. The van der Waals surface area contributed by atoms with E-state index in [-0.39, 0.29) is 0 Å². The molecule has 0 unspecified atom stereocenters. The molecule has 3 nitrogen and oxygen atoms in total. The standard InChI is InChI=1S/C20H47N3Si2/c1-7-18-21-25(22-19-8-2,20-16-14-13-15-17-20)23(9-3)24(10-4,11-5)12-6/h20-22H,7-19H2,1-6H3. The molecule has 0 aliphatic heterocycles. The van der Waals surface area contributed by atoms with Crippen LogP contribution in [0.15, 0.2) is 0 Å². The number of nitrogens with one attached hydrogen (secondary N) is 2. The first-order valence-electron chi connectivity index (χ1n) is 11.4. The maximum Gasteiger partial charge on any atom is 0.280 e. The van der Waals surface area contributed by atoms with E-state index in [1.54, 1.807) is 0 Å². The normalized spacial score (nSPS) is 17.4. The van der Waals surface area contributed by atoms with E-state index in [1.807, 2.05) is 0 Å². The van der Waals surface area contributed by atoms with Gasteiger partial charge in [-0.3, -0.25) is 0 Å². The molecule has 0 aromatic rings. The van der Waals surface area contributed by atoms with Crippen LogP contribution in [0.3, 0.4) is 0 Å². The van der Waals surface area contributed by atoms with E-state index in [1.165, 1.54) is 82.7 Å². The number of hydrogen-bond donors (Lipinski definition) is 2. The van der Waals surface area contributed by atoms with Crippen molar-refractivity contribution >= 4 is 16.8 Å². The predicted molar refractivity (Wildman–Crippen MR) is 119 cm³/mol. The molecule has 0 amide bonds. The van der Waals surface area contributed by atoms with Gasteiger partial charge in [-0.25, -0.2) is 0 Å². The fourth-order valence-electron chi connectivity index (χ4n) is 5.20. The summed E-state index contributed by atoms with van der Waals surface area (Å²) in [6, 6.07) is 4.20. The van der Waals surface area contributed by atoms with Crippen molar-refractivity contribution in [3.63, 3.8) is 0 Å². The summed E-state index contributed by atoms with van der Waals surface area (Å²) in [6.45, 7) is 18.1. The Kier molecular flexibility index (Phi) is 11.1. The van der Waals surface area contributed by atoms with Crippen molar-refractivity contribution in [1.82, 2.24) is 14.2 Å². The van der Waals surface area contributed by atoms with Gasteiger partial charge in [-0.1, -0.05) is 60.8 Å². The molecule has 1 aliphatic carbocycles. The zero-order valence-electron chi connectivity index (χ0n) is 18.2. The molecule has 1 saturated carbocycles. The van der Waals surface area contributed by atoms with Gasteiger partial charge in [0.15, 0.2) is 0 Å². The molecule has 0 heterocycles. The lowest BCUT2D eigenvalue weighted by Crippen LogP contribution is -2.81. The lowest BCUT2D eigenvalue weighted by Gasteiger charge is -2.55. The van der Waals surface area contributed by atoms with Gasteiger partial charge in [-0.15, -0.1) is 0 Å². The van der Waals surface area contributed by atoms with Gasteiger partial charge in [0.05, 0.1) is 0 Å². The molecule has 5 heteroatoms. The SMILES string of the molecule is CCCN[Si](NCCC)(C1CCCCC1)N(CC)[Si](CC)(CC)CC. The van der Waals surface area contributed by atoms with Crippen LogP contribution in [-0.2, 0) is 0 Å². The van der Waals surface area contributed by atoms with Crippen molar-refractivity contribution < 1.29 is 0 Å². The molecule has 0 bridgehead atoms. The molecule has 1 rings (SSSR count). The summed E-state index contributed by atoms with van der Waals surface area (Å²) in [7, 11) is -3.27. The lowest BCUT2D eigenvalue weighted by molar-refractivity contribution is 0.436. The fraction of sp³-hybridized carbons (Fsp3) is 1.00. The van der Waals surface area contributed by atoms with Crippen molar-refractivity contribution in [2.24, 2.45) is 0 Å². The van der Waals surface area contributed by atoms with Crippen LogP contribution in [0.5, 0.6) is 0 Å². The molecule has 25 heavy (non-hydrogen) atoms. The molecule has 0 saturated heterocycles. The molecule has 0 radical (unpaired) electrons. The maximum atomic E-state index is 4.24. The van der Waals surface area contributed by atoms with Crippen LogP contribution >= 0.6 is 0 Å². The second-order valence-electron chi connectivity index (χ2n) is 7.98. The summed E-state index contributed by atoms with van der Waals surface area (Å²) < 4.78 is 3.13. The molecule has 0 atom stereocenters. The van der Waals surface area contributed by atoms with E-state index < -0.39 is 16.8 Å². The molecule has 2 N–H and O–H groups in total. The monoisotopic (exact) mass is 385 g/mol. The smallest absolute Gasteiger partial charge is 0.280 e. The highest BCUT2D eigenvalue weighted by Crippen LogP contribution is 2.40. The topological polar surface area (TPSA) is 27.3 Å². The molecule has 0 spiro atoms. The third-order valence-electron chi connectivity index (χ3n) is 6.77. The first kappa shape index (κ1) is 23.4. The largest absolute Gasteiger partial charge is 0.321 e. The highest BCUT2D eigenvalue weighted by Gasteiger charge is 2.53. The van der Waals surface area contributed by atoms with Gasteiger partial charge < -0.3 is 14.2 Å². The molecule has 0 aromatic heterocycles. The third-order valence-corrected chi connectivity index (χ3v) is 19.2. The average Bonchev–Trinajstić information content (AvgIpc) is 2.68. The fourth-order valence-corrected chi connectivity index (χ4v) is 18.5. The molecule has 1 fully saturated rings. The van der Waals surface area contributed by atoms with Gasteiger partial charge >= 0.3 is 0 Å². The molecule has 1 aliphatic rings. The minimum atomic E-state index is -1.87. The number of rotatable bonds is 13. The third kappa shape index (κ3) is 5.41. The minimum absolute atomic E-state index is 0.885. The Hall–Kier alpha value is 0.314. The molecular weight excluding hydrogens is 338 g/mol. The number of nitrogens with zero attached hydrogens (tertiary/aromatic N) is 1. The van der Waals surface area contributed by atoms with Crippen molar-refractivity contribution in [1.29, 1.82) is 0 Å². The van der Waals surface area contributed by atoms with Gasteiger partial charge in [-0.05, 0) is 69.0 Å². The quantitative estimate of drug-likeness (QED) is 0.405. The highest BCUT2D eigenvalue weighted by molar-refractivity contribution is 6.91. The summed E-state index contributed by atoms with van der Waals surface area (Å²) in [5.74, 6) is 0. The second kappa shape index (κ2) is 11.9. The van der Waals surface area contributed by atoms with Crippen molar-refractivity contribution in [3.8, 4) is 0 Å². The van der Waals surface area contributed by atoms with Gasteiger partial charge in [-0.2, -0.15) is 0 Å². The van der Waals surface area contributed by atoms with Crippen LogP contribution in [-0.4, -0.2) is 40.7 Å². The summed E-state index contributed by atoms with van der Waals surface area (Å²) in [6.07, 6.45) is 9.70. The predicted octanol–water partition coefficient (Wildman–Crippen LogP) is 5.59. The Morgan fingerprint density at radius 1 is 0.760 bits per heavy atom. The van der Waals surface area contributed by atoms with Crippen LogP contribution in [0, 0.1) is 0 Å². The van der Waals surface area contributed by atoms with E-state index in [0.717, 1.165) is 5.54 Å². The summed E-state index contributed by atoms with van der Waals surface area (Å²) in [5, 5.41) is 0. The van der Waals surface area contributed by atoms with Crippen molar-refractivity contribution in [2.75, 3.05) is 19.6 Å². The first-order chi connectivity index (χ1) is 12.1. The highest BCUT2D eigenvalue weighted by atomic mass is 28.4. The molecule has 150 valence electrons. The van der Waals surface area contributed by atoms with Gasteiger partial charge in [0.1, 0.15) is 8.24 Å². The van der Waals surface area contributed by atoms with Gasteiger partial charge in [0.25, 0.3) is 8.56 Å². The molecular formula is C20H47N3Si2. The van der Waals surface area contributed by atoms with E-state index in [4.69, 9.17) is 0 Å². The zero-order valence-corrected chi connectivity index (χ0v) is 20.2. The zero-order chi connectivity index (χ0) is 18.8. The van der Waals surface area contributed by atoms with Crippen LogP contribution in [0.2, 0.25) is 23.7 Å². The maximum absolute atomic E-state index is 4.24. The summed E-state index contributed by atoms with van der Waals surface area (Å²) >= 11 is 0. The van der Waals surface area contributed by atoms with Crippen LogP contribution < -0.4 is 9.96 Å². The summed E-state index contributed by atoms with van der Waals surface area (Å²) in [4.78, 5) is 8.47. The van der Waals surface area contributed by atoms with Crippen LogP contribution in [0.25, 0.3) is 0 Å². The lowest BCUT2D eigenvalue weighted by atomic mass is 10.0. The van der Waals surface area contributed by atoms with E-state index in [9.17, 15) is 0 Å². The van der Waals surface area contributed by atoms with Gasteiger partial charge in [0.2, 0.25) is 0 Å².